The van der Waals surface area contributed by atoms with Gasteiger partial charge >= 0.3 is 5.97 Å². The molecule has 0 aromatic carbocycles. The Bertz CT molecular complexity index is 239. The molecule has 0 spiro atoms. The SMILES string of the molecule is COC(=O)C(CN1CCCCC1)CC(C)(C)C. The van der Waals surface area contributed by atoms with E-state index in [2.05, 4.69) is 25.7 Å². The summed E-state index contributed by atoms with van der Waals surface area (Å²) in [5.74, 6) is -0.0244. The van der Waals surface area contributed by atoms with Gasteiger partial charge in [0.1, 0.15) is 0 Å². The van der Waals surface area contributed by atoms with Gasteiger partial charge < -0.3 is 9.64 Å². The third-order valence-corrected chi connectivity index (χ3v) is 3.32. The highest BCUT2D eigenvalue weighted by molar-refractivity contribution is 5.72. The van der Waals surface area contributed by atoms with Crippen molar-refractivity contribution >= 4 is 5.97 Å². The van der Waals surface area contributed by atoms with E-state index >= 15 is 0 Å². The second-order valence-corrected chi connectivity index (χ2v) is 6.35. The average Bonchev–Trinajstić information content (AvgIpc) is 2.27. The van der Waals surface area contributed by atoms with Crippen LogP contribution in [0.4, 0.5) is 0 Å². The van der Waals surface area contributed by atoms with Crippen molar-refractivity contribution in [2.24, 2.45) is 11.3 Å². The molecule has 1 heterocycles. The number of rotatable bonds is 4. The molecule has 0 bridgehead atoms. The van der Waals surface area contributed by atoms with Gasteiger partial charge in [-0.05, 0) is 37.8 Å². The Balaban J connectivity index is 2.53. The Hall–Kier alpha value is -0.570. The van der Waals surface area contributed by atoms with Gasteiger partial charge in [-0.15, -0.1) is 0 Å². The highest BCUT2D eigenvalue weighted by Gasteiger charge is 2.28. The van der Waals surface area contributed by atoms with Crippen molar-refractivity contribution in [3.63, 3.8) is 0 Å². The molecule has 1 aliphatic rings. The molecule has 0 amide bonds. The zero-order chi connectivity index (χ0) is 12.9. The maximum atomic E-state index is 11.8. The number of likely N-dealkylation sites (tertiary alicyclic amines) is 1. The topological polar surface area (TPSA) is 29.5 Å². The van der Waals surface area contributed by atoms with E-state index in [1.807, 2.05) is 0 Å². The number of hydrogen-bond acceptors (Lipinski definition) is 3. The fourth-order valence-electron chi connectivity index (χ4n) is 2.58. The number of piperidine rings is 1. The minimum absolute atomic E-state index is 0.0260. The van der Waals surface area contributed by atoms with Crippen LogP contribution in [0.15, 0.2) is 0 Å². The Morgan fingerprint density at radius 1 is 1.24 bits per heavy atom. The number of hydrogen-bond donors (Lipinski definition) is 0. The summed E-state index contributed by atoms with van der Waals surface area (Å²) in [6.45, 7) is 9.68. The molecule has 3 heteroatoms. The van der Waals surface area contributed by atoms with E-state index in [-0.39, 0.29) is 17.3 Å². The van der Waals surface area contributed by atoms with Crippen LogP contribution in [0.1, 0.15) is 46.5 Å². The van der Waals surface area contributed by atoms with E-state index in [1.54, 1.807) is 0 Å². The first-order valence-electron chi connectivity index (χ1n) is 6.72. The first kappa shape index (κ1) is 14.5. The first-order chi connectivity index (χ1) is 7.92. The molecule has 1 saturated heterocycles. The monoisotopic (exact) mass is 241 g/mol. The smallest absolute Gasteiger partial charge is 0.309 e. The van der Waals surface area contributed by atoms with Crippen LogP contribution in [0.5, 0.6) is 0 Å². The van der Waals surface area contributed by atoms with Crippen LogP contribution >= 0.6 is 0 Å². The largest absolute Gasteiger partial charge is 0.469 e. The van der Waals surface area contributed by atoms with E-state index in [1.165, 1.54) is 26.4 Å². The summed E-state index contributed by atoms with van der Waals surface area (Å²) in [4.78, 5) is 14.2. The minimum atomic E-state index is -0.0505. The summed E-state index contributed by atoms with van der Waals surface area (Å²) in [5, 5.41) is 0. The quantitative estimate of drug-likeness (QED) is 0.709. The number of ether oxygens (including phenoxy) is 1. The van der Waals surface area contributed by atoms with Gasteiger partial charge in [-0.2, -0.15) is 0 Å². The third kappa shape index (κ3) is 5.53. The Morgan fingerprint density at radius 3 is 2.29 bits per heavy atom. The van der Waals surface area contributed by atoms with Crippen molar-refractivity contribution < 1.29 is 9.53 Å². The van der Waals surface area contributed by atoms with Crippen LogP contribution in [0, 0.1) is 11.3 Å². The molecule has 1 aliphatic heterocycles. The standard InChI is InChI=1S/C14H27NO2/c1-14(2,3)10-12(13(16)17-4)11-15-8-6-5-7-9-15/h12H,5-11H2,1-4H3. The van der Waals surface area contributed by atoms with Crippen LogP contribution < -0.4 is 0 Å². The molecule has 1 fully saturated rings. The van der Waals surface area contributed by atoms with Crippen LogP contribution in [0.2, 0.25) is 0 Å². The van der Waals surface area contributed by atoms with Gasteiger partial charge in [0.25, 0.3) is 0 Å². The van der Waals surface area contributed by atoms with Crippen molar-refractivity contribution in [3.05, 3.63) is 0 Å². The summed E-state index contributed by atoms with van der Waals surface area (Å²) in [5.41, 5.74) is 0.175. The van der Waals surface area contributed by atoms with Crippen molar-refractivity contribution in [1.29, 1.82) is 0 Å². The Labute approximate surface area is 106 Å². The summed E-state index contributed by atoms with van der Waals surface area (Å²) < 4.78 is 4.93. The fourth-order valence-corrected chi connectivity index (χ4v) is 2.58. The second-order valence-electron chi connectivity index (χ2n) is 6.35. The third-order valence-electron chi connectivity index (χ3n) is 3.32. The number of carbonyl (C=O) groups excluding carboxylic acids is 1. The molecule has 1 atom stereocenters. The molecule has 0 radical (unpaired) electrons. The van der Waals surface area contributed by atoms with Crippen LogP contribution in [-0.2, 0) is 9.53 Å². The maximum absolute atomic E-state index is 11.8. The predicted molar refractivity (Wildman–Crippen MR) is 69.9 cm³/mol. The minimum Gasteiger partial charge on any atom is -0.469 e. The molecular formula is C14H27NO2. The highest BCUT2D eigenvalue weighted by Crippen LogP contribution is 2.26. The van der Waals surface area contributed by atoms with Crippen molar-refractivity contribution in [3.8, 4) is 0 Å². The van der Waals surface area contributed by atoms with E-state index in [9.17, 15) is 4.79 Å². The summed E-state index contributed by atoms with van der Waals surface area (Å²) in [7, 11) is 1.49. The van der Waals surface area contributed by atoms with Gasteiger partial charge in [-0.3, -0.25) is 4.79 Å². The zero-order valence-corrected chi connectivity index (χ0v) is 11.8. The number of nitrogens with zero attached hydrogens (tertiary/aromatic N) is 1. The molecule has 0 aromatic rings. The number of esters is 1. The normalized spacial score (nSPS) is 20.0. The van der Waals surface area contributed by atoms with Crippen molar-refractivity contribution in [2.45, 2.75) is 46.5 Å². The number of methoxy groups -OCH3 is 1. The van der Waals surface area contributed by atoms with Gasteiger partial charge in [0.15, 0.2) is 0 Å². The lowest BCUT2D eigenvalue weighted by molar-refractivity contribution is -0.147. The molecule has 1 unspecified atom stereocenters. The molecule has 0 aromatic heterocycles. The lowest BCUT2D eigenvalue weighted by Crippen LogP contribution is -2.38. The van der Waals surface area contributed by atoms with Crippen molar-refractivity contribution in [2.75, 3.05) is 26.7 Å². The predicted octanol–water partition coefficient (Wildman–Crippen LogP) is 2.70. The fraction of sp³-hybridized carbons (Fsp3) is 0.929. The lowest BCUT2D eigenvalue weighted by atomic mass is 9.84. The van der Waals surface area contributed by atoms with E-state index in [4.69, 9.17) is 4.74 Å². The van der Waals surface area contributed by atoms with Gasteiger partial charge in [0.05, 0.1) is 13.0 Å². The summed E-state index contributed by atoms with van der Waals surface area (Å²) in [6, 6.07) is 0. The van der Waals surface area contributed by atoms with Crippen LogP contribution in [0.25, 0.3) is 0 Å². The van der Waals surface area contributed by atoms with Gasteiger partial charge in [-0.25, -0.2) is 0 Å². The molecular weight excluding hydrogens is 214 g/mol. The van der Waals surface area contributed by atoms with Gasteiger partial charge in [0, 0.05) is 6.54 Å². The highest BCUT2D eigenvalue weighted by atomic mass is 16.5. The average molecular weight is 241 g/mol. The first-order valence-corrected chi connectivity index (χ1v) is 6.72. The van der Waals surface area contributed by atoms with Gasteiger partial charge in [0.2, 0.25) is 0 Å². The molecule has 100 valence electrons. The van der Waals surface area contributed by atoms with Crippen LogP contribution in [-0.4, -0.2) is 37.6 Å². The Morgan fingerprint density at radius 2 is 1.82 bits per heavy atom. The lowest BCUT2D eigenvalue weighted by Gasteiger charge is -2.32. The number of carbonyl (C=O) groups is 1. The maximum Gasteiger partial charge on any atom is 0.309 e. The van der Waals surface area contributed by atoms with E-state index in [0.29, 0.717) is 0 Å². The van der Waals surface area contributed by atoms with Crippen molar-refractivity contribution in [1.82, 2.24) is 4.90 Å². The zero-order valence-electron chi connectivity index (χ0n) is 11.8. The molecule has 17 heavy (non-hydrogen) atoms. The molecule has 3 nitrogen and oxygen atoms in total. The summed E-state index contributed by atoms with van der Waals surface area (Å²) >= 11 is 0. The summed E-state index contributed by atoms with van der Waals surface area (Å²) in [6.07, 6.45) is 4.77. The van der Waals surface area contributed by atoms with Gasteiger partial charge in [-0.1, -0.05) is 27.2 Å². The molecule has 1 rings (SSSR count). The van der Waals surface area contributed by atoms with Crippen LogP contribution in [0.3, 0.4) is 0 Å². The molecule has 0 aliphatic carbocycles. The van der Waals surface area contributed by atoms with E-state index < -0.39 is 0 Å². The molecule has 0 N–H and O–H groups in total. The Kier molecular flexibility index (Phi) is 5.44. The molecule has 0 saturated carbocycles. The second kappa shape index (κ2) is 6.39. The van der Waals surface area contributed by atoms with E-state index in [0.717, 1.165) is 26.1 Å².